The van der Waals surface area contributed by atoms with Crippen LogP contribution in [0.5, 0.6) is 0 Å². The first-order valence-corrected chi connectivity index (χ1v) is 7.46. The third kappa shape index (κ3) is 7.12. The van der Waals surface area contributed by atoms with Crippen molar-refractivity contribution in [3.63, 3.8) is 0 Å². The molecule has 1 atom stereocenters. The van der Waals surface area contributed by atoms with Crippen LogP contribution in [0.2, 0.25) is 0 Å². The van der Waals surface area contributed by atoms with Crippen LogP contribution in [0.15, 0.2) is 9.98 Å². The van der Waals surface area contributed by atoms with Gasteiger partial charge in [0, 0.05) is 13.0 Å². The molecule has 0 radical (unpaired) electrons. The standard InChI is InChI=1S/C11H16BrN3O3S/c1-7(2-3-9(16)17)4-5-13-10(18)15-11-14-6-8(12)19-11/h6-7H,2-5H2,1H3,(H,16,17)(H2,13,14,15,18). The second kappa shape index (κ2) is 8.11. The molecule has 1 heterocycles. The first-order chi connectivity index (χ1) is 8.97. The molecule has 0 aliphatic heterocycles. The van der Waals surface area contributed by atoms with E-state index in [-0.39, 0.29) is 18.4 Å². The molecule has 0 aromatic carbocycles. The average molecular weight is 350 g/mol. The summed E-state index contributed by atoms with van der Waals surface area (Å²) in [6.07, 6.45) is 3.16. The summed E-state index contributed by atoms with van der Waals surface area (Å²) in [4.78, 5) is 25.9. The van der Waals surface area contributed by atoms with E-state index in [9.17, 15) is 9.59 Å². The number of nitrogens with zero attached hydrogens (tertiary/aromatic N) is 1. The summed E-state index contributed by atoms with van der Waals surface area (Å²) in [6, 6.07) is -0.299. The molecule has 0 fully saturated rings. The Morgan fingerprint density at radius 2 is 2.26 bits per heavy atom. The maximum Gasteiger partial charge on any atom is 0.321 e. The van der Waals surface area contributed by atoms with Gasteiger partial charge in [0.2, 0.25) is 0 Å². The fraction of sp³-hybridized carbons (Fsp3) is 0.545. The maximum absolute atomic E-state index is 11.5. The number of halogens is 1. The Bertz CT molecular complexity index is 439. The minimum atomic E-state index is -0.785. The fourth-order valence-corrected chi connectivity index (χ4v) is 2.50. The SMILES string of the molecule is CC(CCNC(=O)Nc1ncc(Br)s1)CCC(=O)O. The van der Waals surface area contributed by atoms with E-state index in [4.69, 9.17) is 5.11 Å². The van der Waals surface area contributed by atoms with Crippen molar-refractivity contribution in [1.82, 2.24) is 10.3 Å². The molecule has 19 heavy (non-hydrogen) atoms. The van der Waals surface area contributed by atoms with Gasteiger partial charge in [-0.05, 0) is 34.7 Å². The lowest BCUT2D eigenvalue weighted by Gasteiger charge is -2.10. The summed E-state index contributed by atoms with van der Waals surface area (Å²) in [7, 11) is 0. The Morgan fingerprint density at radius 3 is 2.84 bits per heavy atom. The number of anilines is 1. The molecule has 2 amide bonds. The lowest BCUT2D eigenvalue weighted by Crippen LogP contribution is -2.30. The van der Waals surface area contributed by atoms with Gasteiger partial charge >= 0.3 is 12.0 Å². The highest BCUT2D eigenvalue weighted by molar-refractivity contribution is 9.11. The van der Waals surface area contributed by atoms with Crippen LogP contribution in [0, 0.1) is 5.92 Å². The third-order valence-electron chi connectivity index (χ3n) is 2.47. The molecule has 0 bridgehead atoms. The van der Waals surface area contributed by atoms with Crippen molar-refractivity contribution < 1.29 is 14.7 Å². The predicted molar refractivity (Wildman–Crippen MR) is 77.5 cm³/mol. The molecular formula is C11H16BrN3O3S. The number of carbonyl (C=O) groups excluding carboxylic acids is 1. The number of aliphatic carboxylic acids is 1. The highest BCUT2D eigenvalue weighted by Crippen LogP contribution is 2.22. The van der Waals surface area contributed by atoms with E-state index in [1.165, 1.54) is 11.3 Å². The van der Waals surface area contributed by atoms with Crippen molar-refractivity contribution in [1.29, 1.82) is 0 Å². The number of amides is 2. The largest absolute Gasteiger partial charge is 0.481 e. The number of urea groups is 1. The average Bonchev–Trinajstić information content (AvgIpc) is 2.72. The molecule has 0 aliphatic carbocycles. The molecule has 1 rings (SSSR count). The Morgan fingerprint density at radius 1 is 1.53 bits per heavy atom. The zero-order chi connectivity index (χ0) is 14.3. The zero-order valence-corrected chi connectivity index (χ0v) is 12.9. The molecule has 6 nitrogen and oxygen atoms in total. The highest BCUT2D eigenvalue weighted by atomic mass is 79.9. The van der Waals surface area contributed by atoms with E-state index < -0.39 is 5.97 Å². The van der Waals surface area contributed by atoms with Crippen LogP contribution in [-0.2, 0) is 4.79 Å². The van der Waals surface area contributed by atoms with Crippen molar-refractivity contribution in [2.75, 3.05) is 11.9 Å². The Hall–Kier alpha value is -1.15. The van der Waals surface area contributed by atoms with Crippen LogP contribution < -0.4 is 10.6 Å². The van der Waals surface area contributed by atoms with Crippen LogP contribution in [0.4, 0.5) is 9.93 Å². The predicted octanol–water partition coefficient (Wildman–Crippen LogP) is 2.92. The Balaban J connectivity index is 2.15. The lowest BCUT2D eigenvalue weighted by atomic mass is 10.0. The van der Waals surface area contributed by atoms with Crippen LogP contribution in [0.1, 0.15) is 26.2 Å². The molecule has 0 saturated heterocycles. The summed E-state index contributed by atoms with van der Waals surface area (Å²) in [5, 5.41) is 14.4. The molecule has 8 heteroatoms. The lowest BCUT2D eigenvalue weighted by molar-refractivity contribution is -0.137. The number of hydrogen-bond acceptors (Lipinski definition) is 4. The molecular weight excluding hydrogens is 334 g/mol. The molecule has 0 aliphatic rings. The summed E-state index contributed by atoms with van der Waals surface area (Å²) >= 11 is 4.59. The number of carboxylic acids is 1. The minimum Gasteiger partial charge on any atom is -0.481 e. The minimum absolute atomic E-state index is 0.167. The molecule has 106 valence electrons. The van der Waals surface area contributed by atoms with Crippen molar-refractivity contribution in [3.8, 4) is 0 Å². The fourth-order valence-electron chi connectivity index (χ4n) is 1.40. The normalized spacial score (nSPS) is 11.9. The van der Waals surface area contributed by atoms with Gasteiger partial charge in [0.15, 0.2) is 5.13 Å². The van der Waals surface area contributed by atoms with Crippen LogP contribution in [-0.4, -0.2) is 28.6 Å². The van der Waals surface area contributed by atoms with Crippen LogP contribution in [0.25, 0.3) is 0 Å². The van der Waals surface area contributed by atoms with E-state index in [2.05, 4.69) is 31.5 Å². The second-order valence-electron chi connectivity index (χ2n) is 4.18. The van der Waals surface area contributed by atoms with Crippen molar-refractivity contribution in [3.05, 3.63) is 9.98 Å². The van der Waals surface area contributed by atoms with Gasteiger partial charge in [-0.1, -0.05) is 18.3 Å². The third-order valence-corrected chi connectivity index (χ3v) is 3.86. The van der Waals surface area contributed by atoms with E-state index in [0.29, 0.717) is 18.1 Å². The number of carbonyl (C=O) groups is 2. The molecule has 1 aromatic heterocycles. The first kappa shape index (κ1) is 15.9. The smallest absolute Gasteiger partial charge is 0.321 e. The zero-order valence-electron chi connectivity index (χ0n) is 10.5. The van der Waals surface area contributed by atoms with Gasteiger partial charge in [-0.3, -0.25) is 10.1 Å². The maximum atomic E-state index is 11.5. The van der Waals surface area contributed by atoms with Crippen LogP contribution in [0.3, 0.4) is 0 Å². The van der Waals surface area contributed by atoms with Crippen molar-refractivity contribution >= 4 is 44.4 Å². The molecule has 3 N–H and O–H groups in total. The molecule has 1 aromatic rings. The van der Waals surface area contributed by atoms with Gasteiger partial charge in [0.05, 0.1) is 9.98 Å². The second-order valence-corrected chi connectivity index (χ2v) is 6.59. The number of thiazole rings is 1. The van der Waals surface area contributed by atoms with E-state index in [1.54, 1.807) is 6.20 Å². The van der Waals surface area contributed by atoms with E-state index >= 15 is 0 Å². The van der Waals surface area contributed by atoms with Crippen LogP contribution >= 0.6 is 27.3 Å². The summed E-state index contributed by atoms with van der Waals surface area (Å²) in [5.41, 5.74) is 0. The topological polar surface area (TPSA) is 91.3 Å². The van der Waals surface area contributed by atoms with Gasteiger partial charge < -0.3 is 10.4 Å². The number of aromatic nitrogens is 1. The van der Waals surface area contributed by atoms with Gasteiger partial charge in [0.25, 0.3) is 0 Å². The van der Waals surface area contributed by atoms with Crippen molar-refractivity contribution in [2.24, 2.45) is 5.92 Å². The number of hydrogen-bond donors (Lipinski definition) is 3. The van der Waals surface area contributed by atoms with Gasteiger partial charge in [-0.25, -0.2) is 9.78 Å². The number of carboxylic acid groups (broad SMARTS) is 1. The van der Waals surface area contributed by atoms with E-state index in [0.717, 1.165) is 10.2 Å². The molecule has 1 unspecified atom stereocenters. The van der Waals surface area contributed by atoms with Gasteiger partial charge in [-0.15, -0.1) is 0 Å². The number of rotatable bonds is 7. The summed E-state index contributed by atoms with van der Waals surface area (Å²) < 4.78 is 0.852. The molecule has 0 saturated carbocycles. The summed E-state index contributed by atoms with van der Waals surface area (Å²) in [6.45, 7) is 2.49. The summed E-state index contributed by atoms with van der Waals surface area (Å²) in [5.74, 6) is -0.516. The monoisotopic (exact) mass is 349 g/mol. The number of nitrogens with one attached hydrogen (secondary N) is 2. The van der Waals surface area contributed by atoms with Gasteiger partial charge in [-0.2, -0.15) is 0 Å². The van der Waals surface area contributed by atoms with Crippen molar-refractivity contribution in [2.45, 2.75) is 26.2 Å². The highest BCUT2D eigenvalue weighted by Gasteiger charge is 2.08. The first-order valence-electron chi connectivity index (χ1n) is 5.85. The Kier molecular flexibility index (Phi) is 6.79. The Labute approximate surface area is 123 Å². The molecule has 0 spiro atoms. The van der Waals surface area contributed by atoms with E-state index in [1.807, 2.05) is 6.92 Å². The quantitative estimate of drug-likeness (QED) is 0.705. The van der Waals surface area contributed by atoms with Gasteiger partial charge in [0.1, 0.15) is 0 Å².